The first kappa shape index (κ1) is 18.1. The topological polar surface area (TPSA) is 59.4 Å². The third-order valence-electron chi connectivity index (χ3n) is 4.31. The average molecular weight is 407 g/mol. The number of ether oxygens (including phenoxy) is 1. The van der Waals surface area contributed by atoms with Crippen LogP contribution < -0.4 is 5.32 Å². The van der Waals surface area contributed by atoms with Crippen LogP contribution in [0.25, 0.3) is 0 Å². The van der Waals surface area contributed by atoms with Crippen LogP contribution in [0, 0.1) is 6.92 Å². The van der Waals surface area contributed by atoms with E-state index in [1.54, 1.807) is 6.20 Å². The normalized spacial score (nSPS) is 15.3. The van der Waals surface area contributed by atoms with E-state index in [1.807, 2.05) is 29.8 Å². The van der Waals surface area contributed by atoms with E-state index in [9.17, 15) is 4.79 Å². The fraction of sp³-hybridized carbons (Fsp3) is 0.444. The van der Waals surface area contributed by atoms with E-state index in [2.05, 4.69) is 37.3 Å². The van der Waals surface area contributed by atoms with Crippen LogP contribution in [0.4, 0.5) is 5.69 Å². The summed E-state index contributed by atoms with van der Waals surface area (Å²) in [5.74, 6) is -0.00505. The van der Waals surface area contributed by atoms with Crippen molar-refractivity contribution < 1.29 is 9.53 Å². The second kappa shape index (κ2) is 8.60. The molecular formula is C18H23BrN4O2. The minimum absolute atomic E-state index is 0.00505. The van der Waals surface area contributed by atoms with Crippen LogP contribution in [0.1, 0.15) is 17.7 Å². The predicted octanol–water partition coefficient (Wildman–Crippen LogP) is 2.82. The highest BCUT2D eigenvalue weighted by molar-refractivity contribution is 9.10. The Labute approximate surface area is 156 Å². The van der Waals surface area contributed by atoms with Crippen LogP contribution >= 0.6 is 15.9 Å². The van der Waals surface area contributed by atoms with Crippen molar-refractivity contribution in [3.05, 3.63) is 46.2 Å². The number of anilines is 1. The Bertz CT molecular complexity index is 726. The summed E-state index contributed by atoms with van der Waals surface area (Å²) >= 11 is 3.43. The molecule has 3 rings (SSSR count). The SMILES string of the molecule is Cc1c(Br)cnn1CCC(=O)Nc1cccc(CN2CCOCC2)c1. The summed E-state index contributed by atoms with van der Waals surface area (Å²) in [7, 11) is 0. The van der Waals surface area contributed by atoms with Gasteiger partial charge in [0.2, 0.25) is 5.91 Å². The molecule has 2 aromatic rings. The molecule has 0 saturated carbocycles. The average Bonchev–Trinajstić information content (AvgIpc) is 2.93. The second-order valence-electron chi connectivity index (χ2n) is 6.19. The lowest BCUT2D eigenvalue weighted by molar-refractivity contribution is -0.116. The molecule has 0 bridgehead atoms. The van der Waals surface area contributed by atoms with Gasteiger partial charge in [0.15, 0.2) is 0 Å². The number of nitrogens with one attached hydrogen (secondary N) is 1. The van der Waals surface area contributed by atoms with Crippen LogP contribution in [0.3, 0.4) is 0 Å². The fourth-order valence-electron chi connectivity index (χ4n) is 2.84. The molecule has 1 aliphatic rings. The predicted molar refractivity (Wildman–Crippen MR) is 100 cm³/mol. The van der Waals surface area contributed by atoms with Crippen molar-refractivity contribution in [3.8, 4) is 0 Å². The monoisotopic (exact) mass is 406 g/mol. The maximum atomic E-state index is 12.2. The van der Waals surface area contributed by atoms with Crippen LogP contribution in [0.5, 0.6) is 0 Å². The Hall–Kier alpha value is -1.70. The molecular weight excluding hydrogens is 384 g/mol. The molecule has 1 saturated heterocycles. The molecule has 1 aromatic carbocycles. The van der Waals surface area contributed by atoms with Crippen LogP contribution in [0.2, 0.25) is 0 Å². The summed E-state index contributed by atoms with van der Waals surface area (Å²) in [5.41, 5.74) is 3.07. The summed E-state index contributed by atoms with van der Waals surface area (Å²) < 4.78 is 8.17. The lowest BCUT2D eigenvalue weighted by atomic mass is 10.1. The van der Waals surface area contributed by atoms with Crippen molar-refractivity contribution >= 4 is 27.5 Å². The molecule has 7 heteroatoms. The van der Waals surface area contributed by atoms with Crippen molar-refractivity contribution in [2.24, 2.45) is 0 Å². The largest absolute Gasteiger partial charge is 0.379 e. The molecule has 0 atom stereocenters. The molecule has 1 N–H and O–H groups in total. The van der Waals surface area contributed by atoms with Gasteiger partial charge in [-0.3, -0.25) is 14.4 Å². The maximum Gasteiger partial charge on any atom is 0.226 e. The van der Waals surface area contributed by atoms with Gasteiger partial charge in [-0.05, 0) is 40.5 Å². The Morgan fingerprint density at radius 2 is 2.16 bits per heavy atom. The van der Waals surface area contributed by atoms with E-state index in [0.717, 1.165) is 48.7 Å². The van der Waals surface area contributed by atoms with Gasteiger partial charge < -0.3 is 10.1 Å². The van der Waals surface area contributed by atoms with Crippen LogP contribution in [-0.2, 0) is 22.6 Å². The first-order valence-corrected chi connectivity index (χ1v) is 9.28. The number of carbonyl (C=O) groups is 1. The van der Waals surface area contributed by atoms with Gasteiger partial charge in [-0.1, -0.05) is 12.1 Å². The van der Waals surface area contributed by atoms with Gasteiger partial charge in [-0.2, -0.15) is 5.10 Å². The lowest BCUT2D eigenvalue weighted by Gasteiger charge is -2.26. The number of nitrogens with zero attached hydrogens (tertiary/aromatic N) is 3. The third kappa shape index (κ3) is 5.14. The van der Waals surface area contributed by atoms with Crippen molar-refractivity contribution in [3.63, 3.8) is 0 Å². The maximum absolute atomic E-state index is 12.2. The first-order chi connectivity index (χ1) is 12.1. The summed E-state index contributed by atoms with van der Waals surface area (Å²) in [4.78, 5) is 14.6. The van der Waals surface area contributed by atoms with E-state index in [1.165, 1.54) is 5.56 Å². The molecule has 0 aliphatic carbocycles. The zero-order valence-corrected chi connectivity index (χ0v) is 16.0. The first-order valence-electron chi connectivity index (χ1n) is 8.48. The molecule has 0 radical (unpaired) electrons. The van der Waals surface area contributed by atoms with Crippen molar-refractivity contribution in [1.29, 1.82) is 0 Å². The molecule has 6 nitrogen and oxygen atoms in total. The highest BCUT2D eigenvalue weighted by atomic mass is 79.9. The molecule has 2 heterocycles. The number of rotatable bonds is 6. The van der Waals surface area contributed by atoms with Gasteiger partial charge in [-0.25, -0.2) is 0 Å². The molecule has 0 unspecified atom stereocenters. The van der Waals surface area contributed by atoms with Gasteiger partial charge in [0, 0.05) is 37.4 Å². The van der Waals surface area contributed by atoms with Crippen LogP contribution in [-0.4, -0.2) is 46.9 Å². The number of amides is 1. The standard InChI is InChI=1S/C18H23BrN4O2/c1-14-17(19)12-20-23(14)6-5-18(24)21-16-4-2-3-15(11-16)13-22-7-9-25-10-8-22/h2-4,11-12H,5-10,13H2,1H3,(H,21,24). The van der Waals surface area contributed by atoms with Crippen LogP contribution in [0.15, 0.2) is 34.9 Å². The summed E-state index contributed by atoms with van der Waals surface area (Å²) in [6.07, 6.45) is 2.14. The Morgan fingerprint density at radius 1 is 1.36 bits per heavy atom. The van der Waals surface area contributed by atoms with E-state index in [0.29, 0.717) is 13.0 Å². The minimum atomic E-state index is -0.00505. The number of aryl methyl sites for hydroxylation is 1. The number of aromatic nitrogens is 2. The number of morpholine rings is 1. The molecule has 1 aromatic heterocycles. The third-order valence-corrected chi connectivity index (χ3v) is 5.09. The van der Waals surface area contributed by atoms with E-state index >= 15 is 0 Å². The number of hydrogen-bond acceptors (Lipinski definition) is 4. The van der Waals surface area contributed by atoms with Crippen molar-refractivity contribution in [2.75, 3.05) is 31.6 Å². The summed E-state index contributed by atoms with van der Waals surface area (Å²) in [6, 6.07) is 8.05. The Morgan fingerprint density at radius 3 is 2.88 bits per heavy atom. The zero-order valence-electron chi connectivity index (χ0n) is 14.4. The number of halogens is 1. The second-order valence-corrected chi connectivity index (χ2v) is 7.04. The number of benzene rings is 1. The smallest absolute Gasteiger partial charge is 0.226 e. The van der Waals surface area contributed by atoms with Crippen molar-refractivity contribution in [1.82, 2.24) is 14.7 Å². The molecule has 0 spiro atoms. The van der Waals surface area contributed by atoms with Gasteiger partial charge in [0.25, 0.3) is 0 Å². The van der Waals surface area contributed by atoms with Gasteiger partial charge in [0.05, 0.1) is 30.4 Å². The lowest BCUT2D eigenvalue weighted by Crippen LogP contribution is -2.35. The van der Waals surface area contributed by atoms with E-state index in [-0.39, 0.29) is 5.91 Å². The van der Waals surface area contributed by atoms with E-state index < -0.39 is 0 Å². The molecule has 1 aliphatic heterocycles. The van der Waals surface area contributed by atoms with Gasteiger partial charge in [0.1, 0.15) is 0 Å². The molecule has 25 heavy (non-hydrogen) atoms. The van der Waals surface area contributed by atoms with Gasteiger partial charge in [-0.15, -0.1) is 0 Å². The minimum Gasteiger partial charge on any atom is -0.379 e. The number of carbonyl (C=O) groups excluding carboxylic acids is 1. The molecule has 134 valence electrons. The van der Waals surface area contributed by atoms with Crippen molar-refractivity contribution in [2.45, 2.75) is 26.4 Å². The van der Waals surface area contributed by atoms with E-state index in [4.69, 9.17) is 4.74 Å². The summed E-state index contributed by atoms with van der Waals surface area (Å²) in [6.45, 7) is 6.91. The molecule has 1 amide bonds. The zero-order chi connectivity index (χ0) is 17.6. The highest BCUT2D eigenvalue weighted by Gasteiger charge is 2.11. The highest BCUT2D eigenvalue weighted by Crippen LogP contribution is 2.16. The molecule has 1 fully saturated rings. The summed E-state index contributed by atoms with van der Waals surface area (Å²) in [5, 5.41) is 7.23. The fourth-order valence-corrected chi connectivity index (χ4v) is 3.14. The quantitative estimate of drug-likeness (QED) is 0.800. The Balaban J connectivity index is 1.52. The Kier molecular flexibility index (Phi) is 6.23. The number of hydrogen-bond donors (Lipinski definition) is 1. The van der Waals surface area contributed by atoms with Gasteiger partial charge >= 0.3 is 0 Å².